The largest absolute Gasteiger partial charge is 0.306 e. The van der Waals surface area contributed by atoms with E-state index in [9.17, 15) is 0 Å². The van der Waals surface area contributed by atoms with Crippen LogP contribution in [0.3, 0.4) is 0 Å². The minimum atomic E-state index is 0.431. The molecule has 0 amide bonds. The van der Waals surface area contributed by atoms with Gasteiger partial charge in [-0.3, -0.25) is 0 Å². The molecule has 0 spiro atoms. The average Bonchev–Trinajstić information content (AvgIpc) is 1.96. The quantitative estimate of drug-likeness (QED) is 0.634. The lowest BCUT2D eigenvalue weighted by molar-refractivity contribution is 0.195. The molecule has 0 atom stereocenters. The highest BCUT2D eigenvalue weighted by Crippen LogP contribution is 2.16. The summed E-state index contributed by atoms with van der Waals surface area (Å²) >= 11 is 0. The van der Waals surface area contributed by atoms with Gasteiger partial charge in [-0.2, -0.15) is 0 Å². The van der Waals surface area contributed by atoms with Crippen molar-refractivity contribution in [2.24, 2.45) is 11.3 Å². The normalized spacial score (nSPS) is 12.9. The molecule has 0 radical (unpaired) electrons. The second kappa shape index (κ2) is 5.64. The minimum Gasteiger partial charge on any atom is -0.306 e. The Morgan fingerprint density at radius 1 is 1.08 bits per heavy atom. The lowest BCUT2D eigenvalue weighted by Gasteiger charge is -2.29. The summed E-state index contributed by atoms with van der Waals surface area (Å²) in [4.78, 5) is 2.47. The van der Waals surface area contributed by atoms with Crippen molar-refractivity contribution < 1.29 is 0 Å². The van der Waals surface area contributed by atoms with Crippen LogP contribution in [0.1, 0.15) is 47.5 Å². The molecule has 0 aliphatic rings. The highest BCUT2D eigenvalue weighted by Gasteiger charge is 2.15. The molecule has 0 heterocycles. The van der Waals surface area contributed by atoms with Gasteiger partial charge in [-0.25, -0.2) is 0 Å². The Labute approximate surface area is 84.5 Å². The molecule has 0 fully saturated rings. The van der Waals surface area contributed by atoms with E-state index in [1.807, 2.05) is 0 Å². The fourth-order valence-electron chi connectivity index (χ4n) is 1.86. The predicted octanol–water partition coefficient (Wildman–Crippen LogP) is 3.40. The Morgan fingerprint density at radius 2 is 1.54 bits per heavy atom. The molecular weight excluding hydrogens is 158 g/mol. The van der Waals surface area contributed by atoms with Crippen molar-refractivity contribution in [2.45, 2.75) is 47.5 Å². The molecule has 0 saturated carbocycles. The van der Waals surface area contributed by atoms with E-state index in [-0.39, 0.29) is 0 Å². The van der Waals surface area contributed by atoms with Gasteiger partial charge in [0, 0.05) is 13.1 Å². The van der Waals surface area contributed by atoms with Crippen molar-refractivity contribution in [3.63, 3.8) is 0 Å². The van der Waals surface area contributed by atoms with Gasteiger partial charge in [-0.15, -0.1) is 0 Å². The van der Waals surface area contributed by atoms with Crippen LogP contribution in [0, 0.1) is 11.3 Å². The molecular formula is C12H27N. The summed E-state index contributed by atoms with van der Waals surface area (Å²) in [5, 5.41) is 0. The van der Waals surface area contributed by atoms with E-state index in [2.05, 4.69) is 46.6 Å². The summed E-state index contributed by atoms with van der Waals surface area (Å²) in [6.07, 6.45) is 2.62. The Balaban J connectivity index is 3.79. The maximum atomic E-state index is 2.47. The first-order valence-electron chi connectivity index (χ1n) is 5.57. The molecule has 0 aromatic rings. The molecule has 0 aromatic heterocycles. The molecule has 0 saturated heterocycles. The van der Waals surface area contributed by atoms with E-state index in [1.165, 1.54) is 25.9 Å². The van der Waals surface area contributed by atoms with Gasteiger partial charge in [0.15, 0.2) is 0 Å². The Bertz CT molecular complexity index is 120. The third-order valence-electron chi connectivity index (χ3n) is 2.47. The van der Waals surface area contributed by atoms with Crippen molar-refractivity contribution in [1.82, 2.24) is 4.90 Å². The highest BCUT2D eigenvalue weighted by atomic mass is 15.1. The van der Waals surface area contributed by atoms with Crippen LogP contribution in [0.4, 0.5) is 0 Å². The molecule has 80 valence electrons. The van der Waals surface area contributed by atoms with Crippen molar-refractivity contribution in [3.8, 4) is 0 Å². The molecule has 1 heteroatoms. The molecule has 0 aliphatic heterocycles. The number of hydrogen-bond donors (Lipinski definition) is 0. The summed E-state index contributed by atoms with van der Waals surface area (Å²) < 4.78 is 0. The summed E-state index contributed by atoms with van der Waals surface area (Å²) in [5.41, 5.74) is 0.431. The van der Waals surface area contributed by atoms with E-state index >= 15 is 0 Å². The van der Waals surface area contributed by atoms with Crippen LogP contribution in [0.25, 0.3) is 0 Å². The summed E-state index contributed by atoms with van der Waals surface area (Å²) in [7, 11) is 2.24. The molecule has 13 heavy (non-hydrogen) atoms. The third kappa shape index (κ3) is 7.06. The SMILES string of the molecule is CCC(CC)CN(C)CC(C)(C)C. The molecule has 0 unspecified atom stereocenters. The maximum absolute atomic E-state index is 2.47. The zero-order chi connectivity index (χ0) is 10.5. The maximum Gasteiger partial charge on any atom is 0.00271 e. The van der Waals surface area contributed by atoms with Crippen molar-refractivity contribution >= 4 is 0 Å². The van der Waals surface area contributed by atoms with Crippen molar-refractivity contribution in [3.05, 3.63) is 0 Å². The van der Waals surface area contributed by atoms with Crippen LogP contribution in [-0.4, -0.2) is 25.0 Å². The standard InChI is InChI=1S/C12H27N/c1-7-11(8-2)9-13(6)10-12(3,4)5/h11H,7-10H2,1-6H3. The van der Waals surface area contributed by atoms with Crippen LogP contribution in [0.5, 0.6) is 0 Å². The second-order valence-electron chi connectivity index (χ2n) is 5.44. The minimum absolute atomic E-state index is 0.431. The van der Waals surface area contributed by atoms with Gasteiger partial charge in [0.1, 0.15) is 0 Å². The lowest BCUT2D eigenvalue weighted by Crippen LogP contribution is -2.33. The molecule has 0 rings (SSSR count). The molecule has 0 N–H and O–H groups in total. The van der Waals surface area contributed by atoms with Gasteiger partial charge in [-0.1, -0.05) is 47.5 Å². The van der Waals surface area contributed by atoms with Gasteiger partial charge < -0.3 is 4.90 Å². The Morgan fingerprint density at radius 3 is 1.85 bits per heavy atom. The number of nitrogens with zero attached hydrogens (tertiary/aromatic N) is 1. The lowest BCUT2D eigenvalue weighted by atomic mass is 9.95. The second-order valence-corrected chi connectivity index (χ2v) is 5.44. The average molecular weight is 185 g/mol. The van der Waals surface area contributed by atoms with Gasteiger partial charge >= 0.3 is 0 Å². The Kier molecular flexibility index (Phi) is 5.62. The van der Waals surface area contributed by atoms with Crippen LogP contribution >= 0.6 is 0 Å². The fourth-order valence-corrected chi connectivity index (χ4v) is 1.86. The zero-order valence-corrected chi connectivity index (χ0v) is 10.4. The van der Waals surface area contributed by atoms with Gasteiger partial charge in [0.25, 0.3) is 0 Å². The van der Waals surface area contributed by atoms with Crippen LogP contribution in [-0.2, 0) is 0 Å². The van der Waals surface area contributed by atoms with Crippen LogP contribution in [0.15, 0.2) is 0 Å². The monoisotopic (exact) mass is 185 g/mol. The first kappa shape index (κ1) is 13.0. The van der Waals surface area contributed by atoms with Gasteiger partial charge in [0.2, 0.25) is 0 Å². The molecule has 0 aliphatic carbocycles. The van der Waals surface area contributed by atoms with E-state index in [4.69, 9.17) is 0 Å². The number of hydrogen-bond acceptors (Lipinski definition) is 1. The van der Waals surface area contributed by atoms with E-state index in [0.29, 0.717) is 5.41 Å². The zero-order valence-electron chi connectivity index (χ0n) is 10.4. The summed E-state index contributed by atoms with van der Waals surface area (Å²) in [6.45, 7) is 13.9. The van der Waals surface area contributed by atoms with E-state index in [1.54, 1.807) is 0 Å². The van der Waals surface area contributed by atoms with E-state index in [0.717, 1.165) is 5.92 Å². The van der Waals surface area contributed by atoms with E-state index < -0.39 is 0 Å². The third-order valence-corrected chi connectivity index (χ3v) is 2.47. The molecule has 0 bridgehead atoms. The van der Waals surface area contributed by atoms with Crippen LogP contribution in [0.2, 0.25) is 0 Å². The van der Waals surface area contributed by atoms with Gasteiger partial charge in [0.05, 0.1) is 0 Å². The predicted molar refractivity (Wildman–Crippen MR) is 61.0 cm³/mol. The summed E-state index contributed by atoms with van der Waals surface area (Å²) in [6, 6.07) is 0. The first-order chi connectivity index (χ1) is 5.89. The smallest absolute Gasteiger partial charge is 0.00271 e. The topological polar surface area (TPSA) is 3.24 Å². The van der Waals surface area contributed by atoms with Crippen molar-refractivity contribution in [2.75, 3.05) is 20.1 Å². The number of rotatable bonds is 5. The molecule has 0 aromatic carbocycles. The van der Waals surface area contributed by atoms with Crippen LogP contribution < -0.4 is 0 Å². The van der Waals surface area contributed by atoms with Crippen molar-refractivity contribution in [1.29, 1.82) is 0 Å². The molecule has 1 nitrogen and oxygen atoms in total. The Hall–Kier alpha value is -0.0400. The summed E-state index contributed by atoms with van der Waals surface area (Å²) in [5.74, 6) is 0.882. The van der Waals surface area contributed by atoms with Gasteiger partial charge in [-0.05, 0) is 18.4 Å². The highest BCUT2D eigenvalue weighted by molar-refractivity contribution is 4.68. The first-order valence-corrected chi connectivity index (χ1v) is 5.57. The fraction of sp³-hybridized carbons (Fsp3) is 1.00.